The van der Waals surface area contributed by atoms with Crippen LogP contribution in [0.15, 0.2) is 45.6 Å². The van der Waals surface area contributed by atoms with Crippen molar-refractivity contribution in [3.8, 4) is 6.07 Å². The van der Waals surface area contributed by atoms with Crippen LogP contribution in [0.2, 0.25) is 5.02 Å². The molecule has 9 heteroatoms. The van der Waals surface area contributed by atoms with E-state index in [1.165, 1.54) is 0 Å². The second-order valence-corrected chi connectivity index (χ2v) is 7.72. The normalized spacial score (nSPS) is 17.1. The Morgan fingerprint density at radius 1 is 1.33 bits per heavy atom. The van der Waals surface area contributed by atoms with Gasteiger partial charge in [0.25, 0.3) is 0 Å². The zero-order valence-electron chi connectivity index (χ0n) is 16.3. The first-order chi connectivity index (χ1) is 14.4. The molecule has 2 heterocycles. The minimum Gasteiger partial charge on any atom is -0.408 e. The maximum absolute atomic E-state index is 12.5. The summed E-state index contributed by atoms with van der Waals surface area (Å²) in [5.41, 5.74) is 2.97. The molecule has 1 fully saturated rings. The van der Waals surface area contributed by atoms with Gasteiger partial charge < -0.3 is 14.6 Å². The Morgan fingerprint density at radius 2 is 2.17 bits per heavy atom. The minimum atomic E-state index is -0.525. The summed E-state index contributed by atoms with van der Waals surface area (Å²) in [6.45, 7) is 4.52. The third kappa shape index (κ3) is 4.17. The van der Waals surface area contributed by atoms with Gasteiger partial charge >= 0.3 is 5.76 Å². The Kier molecular flexibility index (Phi) is 5.48. The number of aromatic nitrogens is 1. The Labute approximate surface area is 177 Å². The highest BCUT2D eigenvalue weighted by atomic mass is 35.5. The number of amides is 1. The van der Waals surface area contributed by atoms with Gasteiger partial charge in [-0.1, -0.05) is 11.6 Å². The van der Waals surface area contributed by atoms with Gasteiger partial charge in [-0.05, 0) is 37.3 Å². The maximum atomic E-state index is 12.5. The molecule has 2 N–H and O–H groups in total. The fourth-order valence-corrected chi connectivity index (χ4v) is 3.83. The van der Waals surface area contributed by atoms with Crippen molar-refractivity contribution in [1.82, 2.24) is 9.88 Å². The first kappa shape index (κ1) is 20.0. The van der Waals surface area contributed by atoms with Crippen LogP contribution in [0, 0.1) is 11.3 Å². The lowest BCUT2D eigenvalue weighted by Gasteiger charge is -2.40. The Balaban J connectivity index is 1.37. The van der Waals surface area contributed by atoms with Crippen LogP contribution in [-0.4, -0.2) is 48.0 Å². The number of halogens is 1. The topological polar surface area (TPSA) is 105 Å². The molecule has 4 rings (SSSR count). The van der Waals surface area contributed by atoms with Gasteiger partial charge in [0.05, 0.1) is 22.6 Å². The molecule has 0 bridgehead atoms. The number of nitrogens with one attached hydrogen (secondary N) is 2. The lowest BCUT2D eigenvalue weighted by Crippen LogP contribution is -2.53. The predicted molar refractivity (Wildman–Crippen MR) is 115 cm³/mol. The molecule has 1 aromatic heterocycles. The molecular weight excluding hydrogens is 406 g/mol. The molecule has 1 aliphatic rings. The SMILES string of the molecule is C[C@@H]1CN(c2ccc(Cl)c(C#N)c2)CCN1CC(=O)Nc1ccc2[nH]c(=O)oc2c1. The van der Waals surface area contributed by atoms with Crippen LogP contribution in [0.25, 0.3) is 11.1 Å². The zero-order chi connectivity index (χ0) is 21.3. The third-order valence-electron chi connectivity index (χ3n) is 5.25. The number of carbonyl (C=O) groups is 1. The van der Waals surface area contributed by atoms with Gasteiger partial charge in [-0.2, -0.15) is 5.26 Å². The molecule has 1 atom stereocenters. The van der Waals surface area contributed by atoms with Crippen molar-refractivity contribution in [3.05, 3.63) is 57.5 Å². The number of H-pyrrole nitrogens is 1. The molecule has 1 amide bonds. The first-order valence-corrected chi connectivity index (χ1v) is 9.92. The van der Waals surface area contributed by atoms with Crippen molar-refractivity contribution < 1.29 is 9.21 Å². The van der Waals surface area contributed by atoms with Crippen molar-refractivity contribution >= 4 is 40.0 Å². The first-order valence-electron chi connectivity index (χ1n) is 9.54. The van der Waals surface area contributed by atoms with Gasteiger partial charge in [-0.15, -0.1) is 0 Å². The van der Waals surface area contributed by atoms with E-state index >= 15 is 0 Å². The van der Waals surface area contributed by atoms with Gasteiger partial charge in [0.2, 0.25) is 5.91 Å². The van der Waals surface area contributed by atoms with E-state index in [0.717, 1.165) is 18.8 Å². The van der Waals surface area contributed by atoms with E-state index in [1.54, 1.807) is 30.3 Å². The summed E-state index contributed by atoms with van der Waals surface area (Å²) in [7, 11) is 0. The van der Waals surface area contributed by atoms with Crippen molar-refractivity contribution in [2.24, 2.45) is 0 Å². The van der Waals surface area contributed by atoms with Crippen molar-refractivity contribution in [2.45, 2.75) is 13.0 Å². The van der Waals surface area contributed by atoms with E-state index < -0.39 is 5.76 Å². The molecule has 30 heavy (non-hydrogen) atoms. The third-order valence-corrected chi connectivity index (χ3v) is 5.58. The number of piperazine rings is 1. The highest BCUT2D eigenvalue weighted by molar-refractivity contribution is 6.31. The number of carbonyl (C=O) groups excluding carboxylic acids is 1. The van der Waals surface area contributed by atoms with Gasteiger partial charge in [0.1, 0.15) is 6.07 Å². The van der Waals surface area contributed by atoms with Crippen molar-refractivity contribution in [3.63, 3.8) is 0 Å². The number of hydrogen-bond acceptors (Lipinski definition) is 6. The smallest absolute Gasteiger partial charge is 0.408 e. The number of benzene rings is 2. The summed E-state index contributed by atoms with van der Waals surface area (Å²) in [6.07, 6.45) is 0. The summed E-state index contributed by atoms with van der Waals surface area (Å²) >= 11 is 6.03. The van der Waals surface area contributed by atoms with E-state index in [-0.39, 0.29) is 18.5 Å². The zero-order valence-corrected chi connectivity index (χ0v) is 17.1. The summed E-state index contributed by atoms with van der Waals surface area (Å²) in [5, 5.41) is 12.5. The maximum Gasteiger partial charge on any atom is 0.417 e. The quantitative estimate of drug-likeness (QED) is 0.665. The molecular formula is C21H20ClN5O3. The molecule has 1 aliphatic heterocycles. The average Bonchev–Trinajstić information content (AvgIpc) is 3.09. The standard InChI is InChI=1S/C21H20ClN5O3/c1-13-11-27(16-3-4-17(22)14(8-16)10-23)7-6-26(13)12-20(28)24-15-2-5-18-19(9-15)30-21(29)25-18/h2-5,8-9,13H,6-7,11-12H2,1H3,(H,24,28)(H,25,29)/t13-/m1/s1. The summed E-state index contributed by atoms with van der Waals surface area (Å²) in [5.74, 6) is -0.659. The molecule has 154 valence electrons. The number of nitrogens with zero attached hydrogens (tertiary/aromatic N) is 3. The van der Waals surface area contributed by atoms with Crippen LogP contribution in [0.3, 0.4) is 0 Å². The lowest BCUT2D eigenvalue weighted by molar-refractivity contribution is -0.117. The second kappa shape index (κ2) is 8.22. The van der Waals surface area contributed by atoms with Crippen LogP contribution in [0.4, 0.5) is 11.4 Å². The van der Waals surface area contributed by atoms with E-state index in [1.807, 2.05) is 6.07 Å². The molecule has 0 spiro atoms. The molecule has 0 unspecified atom stereocenters. The van der Waals surface area contributed by atoms with Crippen molar-refractivity contribution in [1.29, 1.82) is 5.26 Å². The highest BCUT2D eigenvalue weighted by Crippen LogP contribution is 2.25. The molecule has 1 saturated heterocycles. The number of nitriles is 1. The number of aromatic amines is 1. The summed E-state index contributed by atoms with van der Waals surface area (Å²) < 4.78 is 5.03. The van der Waals surface area contributed by atoms with Gasteiger partial charge in [0.15, 0.2) is 5.58 Å². The van der Waals surface area contributed by atoms with Gasteiger partial charge in [0, 0.05) is 43.1 Å². The van der Waals surface area contributed by atoms with E-state index in [0.29, 0.717) is 33.9 Å². The Morgan fingerprint density at radius 3 is 2.93 bits per heavy atom. The number of anilines is 2. The largest absolute Gasteiger partial charge is 0.417 e. The predicted octanol–water partition coefficient (Wildman–Crippen LogP) is 2.80. The van der Waals surface area contributed by atoms with E-state index in [2.05, 4.69) is 33.1 Å². The Hall–Kier alpha value is -3.28. The highest BCUT2D eigenvalue weighted by Gasteiger charge is 2.26. The summed E-state index contributed by atoms with van der Waals surface area (Å²) in [4.78, 5) is 30.7. The van der Waals surface area contributed by atoms with Gasteiger partial charge in [-0.25, -0.2) is 4.79 Å². The lowest BCUT2D eigenvalue weighted by atomic mass is 10.1. The molecule has 0 radical (unpaired) electrons. The number of hydrogen-bond donors (Lipinski definition) is 2. The van der Waals surface area contributed by atoms with Crippen molar-refractivity contribution in [2.75, 3.05) is 36.4 Å². The molecule has 0 saturated carbocycles. The van der Waals surface area contributed by atoms with E-state index in [9.17, 15) is 14.9 Å². The Bertz CT molecular complexity index is 1200. The molecule has 3 aromatic rings. The van der Waals surface area contributed by atoms with E-state index in [4.69, 9.17) is 16.0 Å². The van der Waals surface area contributed by atoms with Crippen LogP contribution in [-0.2, 0) is 4.79 Å². The number of oxazole rings is 1. The fourth-order valence-electron chi connectivity index (χ4n) is 3.67. The second-order valence-electron chi connectivity index (χ2n) is 7.32. The minimum absolute atomic E-state index is 0.134. The molecule has 8 nitrogen and oxygen atoms in total. The summed E-state index contributed by atoms with van der Waals surface area (Å²) in [6, 6.07) is 12.7. The number of rotatable bonds is 4. The number of fused-ring (bicyclic) bond motifs is 1. The van der Waals surface area contributed by atoms with Crippen LogP contribution < -0.4 is 16.0 Å². The molecule has 0 aliphatic carbocycles. The van der Waals surface area contributed by atoms with Gasteiger partial charge in [-0.3, -0.25) is 14.7 Å². The fraction of sp³-hybridized carbons (Fsp3) is 0.286. The average molecular weight is 426 g/mol. The molecule has 2 aromatic carbocycles. The van der Waals surface area contributed by atoms with Crippen LogP contribution in [0.1, 0.15) is 12.5 Å². The van der Waals surface area contributed by atoms with Crippen LogP contribution in [0.5, 0.6) is 0 Å². The monoisotopic (exact) mass is 425 g/mol. The van der Waals surface area contributed by atoms with Crippen LogP contribution >= 0.6 is 11.6 Å².